The summed E-state index contributed by atoms with van der Waals surface area (Å²) in [6.07, 6.45) is 0. The van der Waals surface area contributed by atoms with Crippen molar-refractivity contribution in [1.82, 2.24) is 5.32 Å². The van der Waals surface area contributed by atoms with Gasteiger partial charge in [-0.05, 0) is 30.7 Å². The number of rotatable bonds is 0. The van der Waals surface area contributed by atoms with Crippen LogP contribution < -0.4 is 11.1 Å². The maximum absolute atomic E-state index is 11.5. The molecule has 0 saturated carbocycles. The molecule has 0 spiro atoms. The number of fused-ring (bicyclic) bond motifs is 1. The van der Waals surface area contributed by atoms with Crippen LogP contribution in [0.2, 0.25) is 0 Å². The zero-order chi connectivity index (χ0) is 10.3. The van der Waals surface area contributed by atoms with Gasteiger partial charge in [-0.15, -0.1) is 0 Å². The van der Waals surface area contributed by atoms with E-state index < -0.39 is 5.54 Å². The molecule has 74 valence electrons. The molecule has 1 aliphatic rings. The van der Waals surface area contributed by atoms with Gasteiger partial charge in [0.2, 0.25) is 0 Å². The molecule has 3 nitrogen and oxygen atoms in total. The van der Waals surface area contributed by atoms with Gasteiger partial charge in [-0.1, -0.05) is 15.9 Å². The van der Waals surface area contributed by atoms with E-state index >= 15 is 0 Å². The van der Waals surface area contributed by atoms with E-state index in [0.29, 0.717) is 12.1 Å². The standard InChI is InChI=1S/C10H11BrN2O/c1-10(12)5-13-9(14)7-3-2-6(11)4-8(7)10/h2-4H,5,12H2,1H3,(H,13,14). The summed E-state index contributed by atoms with van der Waals surface area (Å²) in [6, 6.07) is 5.55. The van der Waals surface area contributed by atoms with E-state index in [2.05, 4.69) is 21.2 Å². The number of hydrogen-bond acceptors (Lipinski definition) is 2. The van der Waals surface area contributed by atoms with Crippen LogP contribution in [0.25, 0.3) is 0 Å². The van der Waals surface area contributed by atoms with Crippen LogP contribution in [0.5, 0.6) is 0 Å². The molecular weight excluding hydrogens is 244 g/mol. The highest BCUT2D eigenvalue weighted by molar-refractivity contribution is 9.10. The molecule has 2 rings (SSSR count). The fourth-order valence-corrected chi connectivity index (χ4v) is 2.00. The minimum absolute atomic E-state index is 0.0459. The van der Waals surface area contributed by atoms with Crippen LogP contribution in [0.4, 0.5) is 0 Å². The minimum Gasteiger partial charge on any atom is -0.350 e. The van der Waals surface area contributed by atoms with Crippen LogP contribution >= 0.6 is 15.9 Å². The summed E-state index contributed by atoms with van der Waals surface area (Å²) in [7, 11) is 0. The van der Waals surface area contributed by atoms with Crippen molar-refractivity contribution in [2.45, 2.75) is 12.5 Å². The third kappa shape index (κ3) is 1.44. The summed E-state index contributed by atoms with van der Waals surface area (Å²) in [5.41, 5.74) is 7.18. The molecule has 0 bridgehead atoms. The number of halogens is 1. The lowest BCUT2D eigenvalue weighted by molar-refractivity contribution is 0.0928. The number of hydrogen-bond donors (Lipinski definition) is 2. The van der Waals surface area contributed by atoms with Gasteiger partial charge in [0.25, 0.3) is 5.91 Å². The van der Waals surface area contributed by atoms with E-state index in [1.165, 1.54) is 0 Å². The third-order valence-corrected chi connectivity index (χ3v) is 2.95. The smallest absolute Gasteiger partial charge is 0.251 e. The fourth-order valence-electron chi connectivity index (χ4n) is 1.64. The average Bonchev–Trinajstić information content (AvgIpc) is 2.12. The summed E-state index contributed by atoms with van der Waals surface area (Å²) < 4.78 is 0.947. The predicted molar refractivity (Wildman–Crippen MR) is 58.0 cm³/mol. The molecule has 0 saturated heterocycles. The highest BCUT2D eigenvalue weighted by Crippen LogP contribution is 2.28. The molecule has 0 aromatic heterocycles. The number of nitrogens with one attached hydrogen (secondary N) is 1. The van der Waals surface area contributed by atoms with Crippen LogP contribution in [-0.4, -0.2) is 12.5 Å². The number of benzene rings is 1. The number of nitrogens with two attached hydrogens (primary N) is 1. The minimum atomic E-state index is -0.479. The maximum Gasteiger partial charge on any atom is 0.251 e. The molecule has 1 aromatic rings. The molecular formula is C10H11BrN2O. The van der Waals surface area contributed by atoms with Crippen LogP contribution in [0.3, 0.4) is 0 Å². The molecule has 1 unspecified atom stereocenters. The van der Waals surface area contributed by atoms with Crippen LogP contribution in [0.1, 0.15) is 22.8 Å². The summed E-state index contributed by atoms with van der Waals surface area (Å²) >= 11 is 3.37. The van der Waals surface area contributed by atoms with Gasteiger partial charge in [-0.25, -0.2) is 0 Å². The second-order valence-electron chi connectivity index (χ2n) is 3.79. The van der Waals surface area contributed by atoms with E-state index in [-0.39, 0.29) is 5.91 Å². The zero-order valence-corrected chi connectivity index (χ0v) is 9.39. The topological polar surface area (TPSA) is 55.1 Å². The first-order chi connectivity index (χ1) is 6.50. The van der Waals surface area contributed by atoms with E-state index in [1.807, 2.05) is 19.1 Å². The van der Waals surface area contributed by atoms with Gasteiger partial charge in [-0.3, -0.25) is 4.79 Å². The highest BCUT2D eigenvalue weighted by Gasteiger charge is 2.31. The van der Waals surface area contributed by atoms with Crippen molar-refractivity contribution in [2.24, 2.45) is 5.73 Å². The molecule has 0 fully saturated rings. The quantitative estimate of drug-likeness (QED) is 0.735. The molecule has 1 aliphatic heterocycles. The summed E-state index contributed by atoms with van der Waals surface area (Å²) in [5, 5.41) is 2.77. The fraction of sp³-hybridized carbons (Fsp3) is 0.300. The molecule has 1 atom stereocenters. The Kier molecular flexibility index (Phi) is 2.12. The summed E-state index contributed by atoms with van der Waals surface area (Å²) in [4.78, 5) is 11.5. The first kappa shape index (κ1) is 9.68. The molecule has 4 heteroatoms. The number of carbonyl (C=O) groups excluding carboxylic acids is 1. The molecule has 1 heterocycles. The largest absolute Gasteiger partial charge is 0.350 e. The van der Waals surface area contributed by atoms with Gasteiger partial charge in [0.15, 0.2) is 0 Å². The zero-order valence-electron chi connectivity index (χ0n) is 7.80. The Morgan fingerprint density at radius 3 is 3.00 bits per heavy atom. The Bertz CT molecular complexity index is 401. The van der Waals surface area contributed by atoms with Crippen LogP contribution in [0, 0.1) is 0 Å². The van der Waals surface area contributed by atoms with Crippen molar-refractivity contribution in [3.63, 3.8) is 0 Å². The first-order valence-electron chi connectivity index (χ1n) is 4.38. The Hall–Kier alpha value is -0.870. The second-order valence-corrected chi connectivity index (χ2v) is 4.71. The third-order valence-electron chi connectivity index (χ3n) is 2.46. The molecule has 1 amide bonds. The van der Waals surface area contributed by atoms with Crippen molar-refractivity contribution >= 4 is 21.8 Å². The van der Waals surface area contributed by atoms with Gasteiger partial charge < -0.3 is 11.1 Å². The Morgan fingerprint density at radius 2 is 2.29 bits per heavy atom. The van der Waals surface area contributed by atoms with E-state index in [4.69, 9.17) is 5.73 Å². The molecule has 14 heavy (non-hydrogen) atoms. The number of carbonyl (C=O) groups is 1. The van der Waals surface area contributed by atoms with Crippen molar-refractivity contribution in [3.8, 4) is 0 Å². The molecule has 0 aliphatic carbocycles. The van der Waals surface area contributed by atoms with Crippen molar-refractivity contribution < 1.29 is 4.79 Å². The van der Waals surface area contributed by atoms with Crippen LogP contribution in [0.15, 0.2) is 22.7 Å². The van der Waals surface area contributed by atoms with E-state index in [9.17, 15) is 4.79 Å². The lowest BCUT2D eigenvalue weighted by Crippen LogP contribution is -2.50. The van der Waals surface area contributed by atoms with E-state index in [0.717, 1.165) is 10.0 Å². The van der Waals surface area contributed by atoms with Crippen molar-refractivity contribution in [3.05, 3.63) is 33.8 Å². The summed E-state index contributed by atoms with van der Waals surface area (Å²) in [6.45, 7) is 2.40. The maximum atomic E-state index is 11.5. The monoisotopic (exact) mass is 254 g/mol. The molecule has 1 aromatic carbocycles. The number of amides is 1. The average molecular weight is 255 g/mol. The Balaban J connectivity index is 2.64. The SMILES string of the molecule is CC1(N)CNC(=O)c2ccc(Br)cc21. The first-order valence-corrected chi connectivity index (χ1v) is 5.17. The van der Waals surface area contributed by atoms with Crippen molar-refractivity contribution in [1.29, 1.82) is 0 Å². The highest BCUT2D eigenvalue weighted by atomic mass is 79.9. The van der Waals surface area contributed by atoms with Crippen molar-refractivity contribution in [2.75, 3.05) is 6.54 Å². The molecule has 0 radical (unpaired) electrons. The van der Waals surface area contributed by atoms with Gasteiger partial charge in [-0.2, -0.15) is 0 Å². The summed E-state index contributed by atoms with van der Waals surface area (Å²) in [5.74, 6) is -0.0459. The Morgan fingerprint density at radius 1 is 1.57 bits per heavy atom. The normalized spacial score (nSPS) is 25.5. The lowest BCUT2D eigenvalue weighted by atomic mass is 9.86. The van der Waals surface area contributed by atoms with Crippen LogP contribution in [-0.2, 0) is 5.54 Å². The van der Waals surface area contributed by atoms with Gasteiger partial charge in [0.1, 0.15) is 0 Å². The van der Waals surface area contributed by atoms with Gasteiger partial charge >= 0.3 is 0 Å². The Labute approximate surface area is 90.8 Å². The van der Waals surface area contributed by atoms with E-state index in [1.54, 1.807) is 6.07 Å². The lowest BCUT2D eigenvalue weighted by Gasteiger charge is -2.32. The van der Waals surface area contributed by atoms with Gasteiger partial charge in [0.05, 0.1) is 5.54 Å². The predicted octanol–water partition coefficient (Wildman–Crippen LogP) is 1.37. The second kappa shape index (κ2) is 3.07. The molecule has 3 N–H and O–H groups in total. The van der Waals surface area contributed by atoms with Gasteiger partial charge in [0, 0.05) is 16.6 Å².